The Morgan fingerprint density at radius 3 is 2.54 bits per heavy atom. The Morgan fingerprint density at radius 1 is 1.62 bits per heavy atom. The molecule has 13 heavy (non-hydrogen) atoms. The minimum atomic E-state index is -0.569. The number of esters is 1. The van der Waals surface area contributed by atoms with E-state index in [2.05, 4.69) is 13.2 Å². The number of ether oxygens (including phenoxy) is 1. The molecule has 0 aromatic carbocycles. The highest BCUT2D eigenvalue weighted by Gasteiger charge is 2.13. The molecule has 0 spiro atoms. The normalized spacial score (nSPS) is 11.2. The minimum absolute atomic E-state index is 0.234. The first-order chi connectivity index (χ1) is 6.02. The van der Waals surface area contributed by atoms with Crippen LogP contribution in [0.4, 0.5) is 0 Å². The quantitative estimate of drug-likeness (QED) is 0.376. The molecular weight excluding hydrogens is 166 g/mol. The zero-order chi connectivity index (χ0) is 10.4. The molecule has 0 aliphatic heterocycles. The van der Waals surface area contributed by atoms with Crippen LogP contribution in [0, 0.1) is 11.3 Å². The van der Waals surface area contributed by atoms with Gasteiger partial charge in [-0.15, -0.1) is 0 Å². The first-order valence-electron chi connectivity index (χ1n) is 4.00. The summed E-state index contributed by atoms with van der Waals surface area (Å²) in [4.78, 5) is 11.1. The van der Waals surface area contributed by atoms with Crippen LogP contribution in [-0.4, -0.2) is 12.1 Å². The zero-order valence-corrected chi connectivity index (χ0v) is 7.96. The summed E-state index contributed by atoms with van der Waals surface area (Å²) in [6.45, 7) is 10.4. The maximum atomic E-state index is 11.1. The fraction of sp³-hybridized carbons (Fsp3) is 0.400. The second kappa shape index (κ2) is 5.15. The van der Waals surface area contributed by atoms with Crippen molar-refractivity contribution in [2.24, 2.45) is 0 Å². The Bertz CT molecular complexity index is 273. The summed E-state index contributed by atoms with van der Waals surface area (Å²) < 4.78 is 4.90. The fourth-order valence-electron chi connectivity index (χ4n) is 0.550. The van der Waals surface area contributed by atoms with Gasteiger partial charge in [-0.25, -0.2) is 4.79 Å². The lowest BCUT2D eigenvalue weighted by molar-refractivity contribution is -0.141. The van der Waals surface area contributed by atoms with Gasteiger partial charge in [0, 0.05) is 5.57 Å². The van der Waals surface area contributed by atoms with Gasteiger partial charge < -0.3 is 4.74 Å². The third kappa shape index (κ3) is 3.57. The molecule has 70 valence electrons. The van der Waals surface area contributed by atoms with E-state index < -0.39 is 12.1 Å². The lowest BCUT2D eigenvalue weighted by atomic mass is 10.2. The summed E-state index contributed by atoms with van der Waals surface area (Å²) in [5.74, 6) is -0.466. The van der Waals surface area contributed by atoms with E-state index in [1.54, 1.807) is 6.92 Å². The summed E-state index contributed by atoms with van der Waals surface area (Å²) in [6, 6.07) is 1.83. The molecule has 0 aliphatic rings. The van der Waals surface area contributed by atoms with Gasteiger partial charge in [0.25, 0.3) is 0 Å². The van der Waals surface area contributed by atoms with Crippen LogP contribution >= 0.6 is 0 Å². The van der Waals surface area contributed by atoms with Gasteiger partial charge in [0.1, 0.15) is 6.10 Å². The monoisotopic (exact) mass is 179 g/mol. The molecule has 0 N–H and O–H groups in total. The van der Waals surface area contributed by atoms with Gasteiger partial charge in [0.05, 0.1) is 11.6 Å². The molecular formula is C10H13NO2. The van der Waals surface area contributed by atoms with Crippen molar-refractivity contribution in [2.45, 2.75) is 26.4 Å². The standard InChI is InChI=1S/C10H13NO2/c1-5-7(2)10(12)13-9(4)8(3)6-11/h9H,2-3,5H2,1,4H3. The first-order valence-corrected chi connectivity index (χ1v) is 4.00. The van der Waals surface area contributed by atoms with Crippen molar-refractivity contribution >= 4 is 5.97 Å². The summed E-state index contributed by atoms with van der Waals surface area (Å²) in [6.07, 6.45) is -0.0225. The van der Waals surface area contributed by atoms with Gasteiger partial charge in [-0.2, -0.15) is 5.26 Å². The van der Waals surface area contributed by atoms with Crippen LogP contribution < -0.4 is 0 Å². The Kier molecular flexibility index (Phi) is 4.53. The zero-order valence-electron chi connectivity index (χ0n) is 7.96. The minimum Gasteiger partial charge on any atom is -0.454 e. The summed E-state index contributed by atoms with van der Waals surface area (Å²) >= 11 is 0. The molecule has 0 bridgehead atoms. The number of nitrogens with zero attached hydrogens (tertiary/aromatic N) is 1. The number of nitriles is 1. The Labute approximate surface area is 78.3 Å². The van der Waals surface area contributed by atoms with E-state index in [1.165, 1.54) is 0 Å². The average molecular weight is 179 g/mol. The van der Waals surface area contributed by atoms with Gasteiger partial charge in [-0.1, -0.05) is 20.1 Å². The van der Waals surface area contributed by atoms with E-state index in [-0.39, 0.29) is 5.57 Å². The van der Waals surface area contributed by atoms with Crippen LogP contribution in [0.5, 0.6) is 0 Å². The number of carbonyl (C=O) groups is 1. The molecule has 0 aromatic heterocycles. The van der Waals surface area contributed by atoms with Crippen LogP contribution in [0.1, 0.15) is 20.3 Å². The molecule has 0 amide bonds. The lowest BCUT2D eigenvalue weighted by Gasteiger charge is -2.11. The molecule has 0 radical (unpaired) electrons. The molecule has 0 saturated heterocycles. The van der Waals surface area contributed by atoms with Gasteiger partial charge in [-0.3, -0.25) is 0 Å². The van der Waals surface area contributed by atoms with E-state index in [0.29, 0.717) is 12.0 Å². The van der Waals surface area contributed by atoms with Crippen molar-refractivity contribution in [3.8, 4) is 6.07 Å². The van der Waals surface area contributed by atoms with E-state index >= 15 is 0 Å². The van der Waals surface area contributed by atoms with Crippen molar-refractivity contribution in [3.05, 3.63) is 24.3 Å². The molecule has 3 heteroatoms. The number of hydrogen-bond acceptors (Lipinski definition) is 3. The maximum Gasteiger partial charge on any atom is 0.334 e. The first kappa shape index (κ1) is 11.4. The van der Waals surface area contributed by atoms with E-state index in [0.717, 1.165) is 0 Å². The van der Waals surface area contributed by atoms with Crippen molar-refractivity contribution < 1.29 is 9.53 Å². The van der Waals surface area contributed by atoms with E-state index in [9.17, 15) is 4.79 Å². The van der Waals surface area contributed by atoms with Gasteiger partial charge >= 0.3 is 5.97 Å². The third-order valence-electron chi connectivity index (χ3n) is 1.63. The maximum absolute atomic E-state index is 11.1. The Morgan fingerprint density at radius 2 is 2.15 bits per heavy atom. The molecule has 0 rings (SSSR count). The van der Waals surface area contributed by atoms with Crippen molar-refractivity contribution in [1.29, 1.82) is 5.26 Å². The third-order valence-corrected chi connectivity index (χ3v) is 1.63. The van der Waals surface area contributed by atoms with Gasteiger partial charge in [-0.05, 0) is 13.3 Å². The molecule has 0 aromatic rings. The number of hydrogen-bond donors (Lipinski definition) is 0. The molecule has 3 nitrogen and oxygen atoms in total. The van der Waals surface area contributed by atoms with Crippen LogP contribution in [0.25, 0.3) is 0 Å². The van der Waals surface area contributed by atoms with Crippen LogP contribution in [0.3, 0.4) is 0 Å². The second-order valence-corrected chi connectivity index (χ2v) is 2.64. The van der Waals surface area contributed by atoms with Crippen LogP contribution in [0.2, 0.25) is 0 Å². The topological polar surface area (TPSA) is 50.1 Å². The molecule has 0 aliphatic carbocycles. The second-order valence-electron chi connectivity index (χ2n) is 2.64. The van der Waals surface area contributed by atoms with Gasteiger partial charge in [0.2, 0.25) is 0 Å². The van der Waals surface area contributed by atoms with Crippen molar-refractivity contribution in [1.82, 2.24) is 0 Å². The molecule has 0 saturated carbocycles. The van der Waals surface area contributed by atoms with Crippen molar-refractivity contribution in [3.63, 3.8) is 0 Å². The molecule has 0 fully saturated rings. The highest BCUT2D eigenvalue weighted by atomic mass is 16.5. The molecule has 0 heterocycles. The lowest BCUT2D eigenvalue weighted by Crippen LogP contribution is -2.17. The molecule has 1 unspecified atom stereocenters. The fourth-order valence-corrected chi connectivity index (χ4v) is 0.550. The van der Waals surface area contributed by atoms with Crippen LogP contribution in [-0.2, 0) is 9.53 Å². The summed E-state index contributed by atoms with van der Waals surface area (Å²) in [5.41, 5.74) is 0.634. The highest BCUT2D eigenvalue weighted by molar-refractivity contribution is 5.87. The van der Waals surface area contributed by atoms with Gasteiger partial charge in [0.15, 0.2) is 0 Å². The predicted molar refractivity (Wildman–Crippen MR) is 49.7 cm³/mol. The number of carbonyl (C=O) groups excluding carboxylic acids is 1. The Balaban J connectivity index is 4.16. The van der Waals surface area contributed by atoms with Crippen LogP contribution in [0.15, 0.2) is 24.3 Å². The predicted octanol–water partition coefficient (Wildman–Crippen LogP) is 1.96. The SMILES string of the molecule is C=C(CC)C(=O)OC(C)C(=C)C#N. The average Bonchev–Trinajstić information content (AvgIpc) is 2.14. The largest absolute Gasteiger partial charge is 0.454 e. The van der Waals surface area contributed by atoms with E-state index in [1.807, 2.05) is 13.0 Å². The highest BCUT2D eigenvalue weighted by Crippen LogP contribution is 2.07. The summed E-state index contributed by atoms with van der Waals surface area (Å²) in [7, 11) is 0. The Hall–Kier alpha value is -1.56. The van der Waals surface area contributed by atoms with E-state index in [4.69, 9.17) is 10.00 Å². The summed E-state index contributed by atoms with van der Waals surface area (Å²) in [5, 5.41) is 8.45. The number of rotatable bonds is 4. The smallest absolute Gasteiger partial charge is 0.334 e. The molecule has 1 atom stereocenters. The van der Waals surface area contributed by atoms with Crippen molar-refractivity contribution in [2.75, 3.05) is 0 Å².